The number of likely N-dealkylation sites (N-methyl/N-ethyl adjacent to an activating group) is 1. The Morgan fingerprint density at radius 1 is 1.50 bits per heavy atom. The highest BCUT2D eigenvalue weighted by Gasteiger charge is 2.23. The number of ether oxygens (including phenoxy) is 2. The van der Waals surface area contributed by atoms with Crippen LogP contribution < -0.4 is 10.6 Å². The second-order valence-corrected chi connectivity index (χ2v) is 4.58. The number of hydrogen-bond acceptors (Lipinski definition) is 5. The number of nitrogens with one attached hydrogen (secondary N) is 2. The lowest BCUT2D eigenvalue weighted by molar-refractivity contribution is -0.127. The van der Waals surface area contributed by atoms with Gasteiger partial charge < -0.3 is 25.0 Å². The molecule has 0 aliphatic carbocycles. The zero-order valence-electron chi connectivity index (χ0n) is 10.7. The van der Waals surface area contributed by atoms with Gasteiger partial charge in [0.15, 0.2) is 0 Å². The fourth-order valence-corrected chi connectivity index (χ4v) is 2.06. The van der Waals surface area contributed by atoms with Gasteiger partial charge in [0, 0.05) is 26.2 Å². The van der Waals surface area contributed by atoms with Crippen LogP contribution in [0.4, 0.5) is 0 Å². The average Bonchev–Trinajstić information content (AvgIpc) is 2.37. The summed E-state index contributed by atoms with van der Waals surface area (Å²) < 4.78 is 10.8. The normalized spacial score (nSPS) is 29.4. The summed E-state index contributed by atoms with van der Waals surface area (Å²) in [5.74, 6) is 0.00141. The standard InChI is InChI=1S/C11H21N3O3.ClH/c1-14-3-5-17-9(7-14)6-13-11(15)10-8-16-4-2-12-10;/h9-10,12H,2-8H2,1H3,(H,13,15);1H. The lowest BCUT2D eigenvalue weighted by Gasteiger charge is -2.30. The number of rotatable bonds is 3. The smallest absolute Gasteiger partial charge is 0.239 e. The molecule has 0 aromatic carbocycles. The molecule has 2 heterocycles. The first-order valence-electron chi connectivity index (χ1n) is 6.14. The van der Waals surface area contributed by atoms with E-state index in [-0.39, 0.29) is 30.5 Å². The highest BCUT2D eigenvalue weighted by molar-refractivity contribution is 5.85. The fraction of sp³-hybridized carbons (Fsp3) is 0.909. The average molecular weight is 280 g/mol. The summed E-state index contributed by atoms with van der Waals surface area (Å²) in [5.41, 5.74) is 0. The van der Waals surface area contributed by atoms with E-state index in [9.17, 15) is 4.79 Å². The monoisotopic (exact) mass is 279 g/mol. The van der Waals surface area contributed by atoms with Gasteiger partial charge in [0.2, 0.25) is 5.91 Å². The van der Waals surface area contributed by atoms with Crippen molar-refractivity contribution >= 4 is 18.3 Å². The predicted octanol–water partition coefficient (Wildman–Crippen LogP) is -1.16. The van der Waals surface area contributed by atoms with Crippen LogP contribution in [0.1, 0.15) is 0 Å². The molecule has 0 aromatic rings. The van der Waals surface area contributed by atoms with Crippen LogP contribution >= 0.6 is 12.4 Å². The Bertz CT molecular complexity index is 262. The van der Waals surface area contributed by atoms with E-state index in [1.807, 2.05) is 0 Å². The van der Waals surface area contributed by atoms with Crippen LogP contribution in [0.5, 0.6) is 0 Å². The van der Waals surface area contributed by atoms with Crippen molar-refractivity contribution in [2.24, 2.45) is 0 Å². The Kier molecular flexibility index (Phi) is 6.88. The molecule has 18 heavy (non-hydrogen) atoms. The summed E-state index contributed by atoms with van der Waals surface area (Å²) in [6.07, 6.45) is 0.0993. The van der Waals surface area contributed by atoms with Gasteiger partial charge in [0.05, 0.1) is 25.9 Å². The summed E-state index contributed by atoms with van der Waals surface area (Å²) in [6.45, 7) is 5.01. The summed E-state index contributed by atoms with van der Waals surface area (Å²) in [7, 11) is 2.06. The van der Waals surface area contributed by atoms with Crippen LogP contribution in [-0.2, 0) is 14.3 Å². The van der Waals surface area contributed by atoms with Crippen molar-refractivity contribution in [2.45, 2.75) is 12.1 Å². The van der Waals surface area contributed by atoms with E-state index in [1.165, 1.54) is 0 Å². The van der Waals surface area contributed by atoms with Gasteiger partial charge in [-0.3, -0.25) is 4.79 Å². The minimum atomic E-state index is -0.218. The van der Waals surface area contributed by atoms with E-state index in [2.05, 4.69) is 22.6 Å². The molecule has 6 nitrogen and oxygen atoms in total. The third kappa shape index (κ3) is 4.70. The number of carbonyl (C=O) groups excluding carboxylic acids is 1. The van der Waals surface area contributed by atoms with Gasteiger partial charge in [-0.15, -0.1) is 12.4 Å². The number of halogens is 1. The van der Waals surface area contributed by atoms with Crippen LogP contribution in [0.3, 0.4) is 0 Å². The molecule has 2 rings (SSSR count). The SMILES string of the molecule is CN1CCOC(CNC(=O)C2COCCN2)C1.Cl. The molecule has 1 amide bonds. The van der Waals surface area contributed by atoms with E-state index >= 15 is 0 Å². The first-order valence-corrected chi connectivity index (χ1v) is 6.14. The molecule has 2 aliphatic heterocycles. The van der Waals surface area contributed by atoms with Crippen LogP contribution in [0.25, 0.3) is 0 Å². The minimum Gasteiger partial charge on any atom is -0.378 e. The molecule has 0 radical (unpaired) electrons. The van der Waals surface area contributed by atoms with Crippen LogP contribution in [0.15, 0.2) is 0 Å². The molecule has 2 aliphatic rings. The zero-order chi connectivity index (χ0) is 12.1. The van der Waals surface area contributed by atoms with E-state index < -0.39 is 0 Å². The molecule has 0 saturated carbocycles. The Morgan fingerprint density at radius 3 is 3.00 bits per heavy atom. The van der Waals surface area contributed by atoms with Crippen molar-refractivity contribution in [2.75, 3.05) is 53.0 Å². The molecule has 2 atom stereocenters. The van der Waals surface area contributed by atoms with E-state index in [4.69, 9.17) is 9.47 Å². The number of carbonyl (C=O) groups is 1. The lowest BCUT2D eigenvalue weighted by Crippen LogP contribution is -2.53. The second-order valence-electron chi connectivity index (χ2n) is 4.58. The maximum absolute atomic E-state index is 11.8. The van der Waals surface area contributed by atoms with Gasteiger partial charge in [-0.05, 0) is 7.05 Å². The summed E-state index contributed by atoms with van der Waals surface area (Å²) in [4.78, 5) is 14.0. The Morgan fingerprint density at radius 2 is 2.33 bits per heavy atom. The van der Waals surface area contributed by atoms with Gasteiger partial charge in [0.1, 0.15) is 6.04 Å². The zero-order valence-corrected chi connectivity index (χ0v) is 11.5. The molecular weight excluding hydrogens is 258 g/mol. The van der Waals surface area contributed by atoms with Crippen LogP contribution in [-0.4, -0.2) is 76.0 Å². The molecule has 0 spiro atoms. The first kappa shape index (κ1) is 15.7. The van der Waals surface area contributed by atoms with E-state index in [1.54, 1.807) is 0 Å². The van der Waals surface area contributed by atoms with Gasteiger partial charge in [-0.2, -0.15) is 0 Å². The number of amides is 1. The molecule has 2 fully saturated rings. The van der Waals surface area contributed by atoms with Crippen molar-refractivity contribution in [3.8, 4) is 0 Å². The van der Waals surface area contributed by atoms with Gasteiger partial charge in [-0.1, -0.05) is 0 Å². The van der Waals surface area contributed by atoms with Crippen LogP contribution in [0, 0.1) is 0 Å². The van der Waals surface area contributed by atoms with Gasteiger partial charge in [0.25, 0.3) is 0 Å². The minimum absolute atomic E-state index is 0. The molecule has 2 saturated heterocycles. The third-order valence-electron chi connectivity index (χ3n) is 3.08. The van der Waals surface area contributed by atoms with Crippen molar-refractivity contribution in [1.82, 2.24) is 15.5 Å². The Labute approximate surface area is 114 Å². The predicted molar refractivity (Wildman–Crippen MR) is 70.1 cm³/mol. The Hall–Kier alpha value is -0.400. The number of nitrogens with zero attached hydrogens (tertiary/aromatic N) is 1. The molecule has 2 unspecified atom stereocenters. The van der Waals surface area contributed by atoms with Gasteiger partial charge in [-0.25, -0.2) is 0 Å². The number of hydrogen-bond donors (Lipinski definition) is 2. The highest BCUT2D eigenvalue weighted by atomic mass is 35.5. The summed E-state index contributed by atoms with van der Waals surface area (Å²) in [5, 5.41) is 6.04. The quantitative estimate of drug-likeness (QED) is 0.683. The molecule has 7 heteroatoms. The molecule has 106 valence electrons. The number of morpholine rings is 2. The molecule has 2 N–H and O–H groups in total. The van der Waals surface area contributed by atoms with Crippen molar-refractivity contribution < 1.29 is 14.3 Å². The fourth-order valence-electron chi connectivity index (χ4n) is 2.06. The second kappa shape index (κ2) is 7.91. The first-order chi connectivity index (χ1) is 8.25. The maximum atomic E-state index is 11.8. The van der Waals surface area contributed by atoms with E-state index in [0.717, 1.165) is 26.2 Å². The maximum Gasteiger partial charge on any atom is 0.239 e. The highest BCUT2D eigenvalue weighted by Crippen LogP contribution is 2.02. The van der Waals surface area contributed by atoms with Gasteiger partial charge >= 0.3 is 0 Å². The molecule has 0 aromatic heterocycles. The Balaban J connectivity index is 0.00000162. The third-order valence-corrected chi connectivity index (χ3v) is 3.08. The van der Waals surface area contributed by atoms with Crippen molar-refractivity contribution in [1.29, 1.82) is 0 Å². The summed E-state index contributed by atoms with van der Waals surface area (Å²) in [6, 6.07) is -0.218. The van der Waals surface area contributed by atoms with Crippen LogP contribution in [0.2, 0.25) is 0 Å². The van der Waals surface area contributed by atoms with E-state index in [0.29, 0.717) is 19.8 Å². The lowest BCUT2D eigenvalue weighted by atomic mass is 10.2. The molecular formula is C11H22ClN3O3. The largest absolute Gasteiger partial charge is 0.378 e. The van der Waals surface area contributed by atoms with Crippen molar-refractivity contribution in [3.05, 3.63) is 0 Å². The van der Waals surface area contributed by atoms with Crippen molar-refractivity contribution in [3.63, 3.8) is 0 Å². The summed E-state index contributed by atoms with van der Waals surface area (Å²) >= 11 is 0. The topological polar surface area (TPSA) is 62.8 Å². The molecule has 0 bridgehead atoms.